The van der Waals surface area contributed by atoms with E-state index in [4.69, 9.17) is 22.1 Å². The number of alkyl halides is 1. The van der Waals surface area contributed by atoms with E-state index in [0.29, 0.717) is 5.84 Å². The molecular weight excluding hydrogens is 318 g/mol. The first-order chi connectivity index (χ1) is 8.70. The van der Waals surface area contributed by atoms with Crippen LogP contribution in [0.1, 0.15) is 0 Å². The Hall–Kier alpha value is -0.780. The van der Waals surface area contributed by atoms with Crippen molar-refractivity contribution in [1.29, 1.82) is 0 Å². The summed E-state index contributed by atoms with van der Waals surface area (Å²) in [5.74, 6) is 0.658. The average Bonchev–Trinajstić information content (AvgIpc) is 2.40. The van der Waals surface area contributed by atoms with Crippen LogP contribution >= 0.6 is 27.5 Å². The van der Waals surface area contributed by atoms with Gasteiger partial charge in [-0.25, -0.2) is 4.99 Å². The molecule has 0 saturated carbocycles. The van der Waals surface area contributed by atoms with Crippen molar-refractivity contribution in [2.45, 2.75) is 0 Å². The molecule has 4 nitrogen and oxygen atoms in total. The molecule has 2 rings (SSSR count). The van der Waals surface area contributed by atoms with Crippen LogP contribution < -0.4 is 10.6 Å². The number of halogens is 2. The zero-order chi connectivity index (χ0) is 13.0. The number of hydrogen-bond acceptors (Lipinski definition) is 3. The van der Waals surface area contributed by atoms with Crippen LogP contribution in [-0.2, 0) is 4.74 Å². The fourth-order valence-corrected chi connectivity index (χ4v) is 2.50. The van der Waals surface area contributed by atoms with Gasteiger partial charge >= 0.3 is 0 Å². The monoisotopic (exact) mass is 331 g/mol. The van der Waals surface area contributed by atoms with Gasteiger partial charge in [-0.1, -0.05) is 0 Å². The maximum Gasteiger partial charge on any atom is 0.115 e. The molecule has 18 heavy (non-hydrogen) atoms. The van der Waals surface area contributed by atoms with E-state index in [-0.39, 0.29) is 5.88 Å². The summed E-state index contributed by atoms with van der Waals surface area (Å²) in [6.07, 6.45) is 0. The standard InChI is InChI=1S/C12H15BrClN3O/c13-10-7-9(16-12(15)8-14)1-2-11(10)17-3-5-18-6-4-17/h1-2,7H,3-6,8H2,(H2,15,16). The van der Waals surface area contributed by atoms with Crippen molar-refractivity contribution in [3.05, 3.63) is 22.7 Å². The highest BCUT2D eigenvalue weighted by molar-refractivity contribution is 9.10. The second-order valence-electron chi connectivity index (χ2n) is 3.97. The fourth-order valence-electron chi connectivity index (χ4n) is 1.82. The quantitative estimate of drug-likeness (QED) is 0.526. The molecule has 1 aromatic rings. The van der Waals surface area contributed by atoms with Crippen LogP contribution in [-0.4, -0.2) is 38.0 Å². The summed E-state index contributed by atoms with van der Waals surface area (Å²) in [4.78, 5) is 6.50. The highest BCUT2D eigenvalue weighted by Crippen LogP contribution is 2.30. The molecule has 0 aromatic heterocycles. The van der Waals surface area contributed by atoms with Crippen LogP contribution in [0.2, 0.25) is 0 Å². The van der Waals surface area contributed by atoms with Crippen molar-refractivity contribution in [2.24, 2.45) is 10.7 Å². The molecule has 1 aliphatic rings. The molecule has 1 fully saturated rings. The summed E-state index contributed by atoms with van der Waals surface area (Å²) in [5.41, 5.74) is 7.57. The van der Waals surface area contributed by atoms with Crippen LogP contribution in [0.3, 0.4) is 0 Å². The highest BCUT2D eigenvalue weighted by Gasteiger charge is 2.13. The van der Waals surface area contributed by atoms with E-state index >= 15 is 0 Å². The second kappa shape index (κ2) is 6.41. The summed E-state index contributed by atoms with van der Waals surface area (Å²) in [5, 5.41) is 0. The van der Waals surface area contributed by atoms with Crippen LogP contribution in [0.25, 0.3) is 0 Å². The fraction of sp³-hybridized carbons (Fsp3) is 0.417. The molecule has 1 aromatic carbocycles. The summed E-state index contributed by atoms with van der Waals surface area (Å²) in [6.45, 7) is 3.35. The summed E-state index contributed by atoms with van der Waals surface area (Å²) in [7, 11) is 0. The number of nitrogens with two attached hydrogens (primary N) is 1. The predicted molar refractivity (Wildman–Crippen MR) is 79.2 cm³/mol. The van der Waals surface area contributed by atoms with Crippen LogP contribution in [0, 0.1) is 0 Å². The van der Waals surface area contributed by atoms with Gasteiger partial charge in [0.25, 0.3) is 0 Å². The van der Waals surface area contributed by atoms with Crippen molar-refractivity contribution in [3.8, 4) is 0 Å². The van der Waals surface area contributed by atoms with Gasteiger partial charge in [0.05, 0.1) is 30.5 Å². The molecule has 0 bridgehead atoms. The van der Waals surface area contributed by atoms with Crippen molar-refractivity contribution < 1.29 is 4.74 Å². The van der Waals surface area contributed by atoms with E-state index in [0.717, 1.165) is 42.2 Å². The van der Waals surface area contributed by atoms with Crippen LogP contribution in [0.5, 0.6) is 0 Å². The van der Waals surface area contributed by atoms with E-state index in [1.807, 2.05) is 18.2 Å². The van der Waals surface area contributed by atoms with Gasteiger partial charge in [-0.15, -0.1) is 11.6 Å². The van der Waals surface area contributed by atoms with Gasteiger partial charge in [0.15, 0.2) is 0 Å². The van der Waals surface area contributed by atoms with Gasteiger partial charge < -0.3 is 15.4 Å². The molecule has 1 saturated heterocycles. The Morgan fingerprint density at radius 2 is 2.17 bits per heavy atom. The lowest BCUT2D eigenvalue weighted by molar-refractivity contribution is 0.122. The number of amidine groups is 1. The highest BCUT2D eigenvalue weighted by atomic mass is 79.9. The van der Waals surface area contributed by atoms with Crippen LogP contribution in [0.4, 0.5) is 11.4 Å². The van der Waals surface area contributed by atoms with Crippen molar-refractivity contribution in [3.63, 3.8) is 0 Å². The molecular formula is C12H15BrClN3O. The molecule has 0 amide bonds. The minimum Gasteiger partial charge on any atom is -0.386 e. The molecule has 0 spiro atoms. The van der Waals surface area contributed by atoms with E-state index in [1.165, 1.54) is 0 Å². The Kier molecular flexibility index (Phi) is 4.86. The molecule has 98 valence electrons. The maximum absolute atomic E-state index is 5.61. The van der Waals surface area contributed by atoms with Gasteiger partial charge in [-0.2, -0.15) is 0 Å². The van der Waals surface area contributed by atoms with E-state index in [9.17, 15) is 0 Å². The number of aliphatic imine (C=N–C) groups is 1. The summed E-state index contributed by atoms with van der Waals surface area (Å²) >= 11 is 9.17. The number of hydrogen-bond donors (Lipinski definition) is 1. The summed E-state index contributed by atoms with van der Waals surface area (Å²) < 4.78 is 6.35. The second-order valence-corrected chi connectivity index (χ2v) is 5.09. The number of nitrogens with zero attached hydrogens (tertiary/aromatic N) is 2. The average molecular weight is 333 g/mol. The molecule has 0 atom stereocenters. The van der Waals surface area contributed by atoms with Gasteiger partial charge in [0, 0.05) is 17.6 Å². The minimum atomic E-state index is 0.239. The third-order valence-electron chi connectivity index (χ3n) is 2.69. The summed E-state index contributed by atoms with van der Waals surface area (Å²) in [6, 6.07) is 5.93. The first-order valence-electron chi connectivity index (χ1n) is 5.72. The third-order valence-corrected chi connectivity index (χ3v) is 3.60. The first kappa shape index (κ1) is 13.6. The van der Waals surface area contributed by atoms with Gasteiger partial charge in [-0.05, 0) is 34.1 Å². The molecule has 0 radical (unpaired) electrons. The molecule has 0 aliphatic carbocycles. The zero-order valence-electron chi connectivity index (χ0n) is 9.90. The van der Waals surface area contributed by atoms with Gasteiger partial charge in [0.1, 0.15) is 5.84 Å². The van der Waals surface area contributed by atoms with E-state index in [1.54, 1.807) is 0 Å². The first-order valence-corrected chi connectivity index (χ1v) is 7.04. The smallest absolute Gasteiger partial charge is 0.115 e. The molecule has 0 unspecified atom stereocenters. The Labute approximate surface area is 120 Å². The van der Waals surface area contributed by atoms with Crippen molar-refractivity contribution in [1.82, 2.24) is 0 Å². The maximum atomic E-state index is 5.61. The van der Waals surface area contributed by atoms with Gasteiger partial charge in [-0.3, -0.25) is 0 Å². The Morgan fingerprint density at radius 3 is 2.78 bits per heavy atom. The van der Waals surface area contributed by atoms with E-state index < -0.39 is 0 Å². The van der Waals surface area contributed by atoms with Crippen molar-refractivity contribution in [2.75, 3.05) is 37.1 Å². The lowest BCUT2D eigenvalue weighted by Gasteiger charge is -2.29. The Bertz CT molecular complexity index is 447. The molecule has 6 heteroatoms. The van der Waals surface area contributed by atoms with Crippen molar-refractivity contribution >= 4 is 44.7 Å². The lowest BCUT2D eigenvalue weighted by atomic mass is 10.2. The largest absolute Gasteiger partial charge is 0.386 e. The third kappa shape index (κ3) is 3.37. The number of ether oxygens (including phenoxy) is 1. The van der Waals surface area contributed by atoms with Gasteiger partial charge in [0.2, 0.25) is 0 Å². The van der Waals surface area contributed by atoms with Crippen LogP contribution in [0.15, 0.2) is 27.7 Å². The van der Waals surface area contributed by atoms with E-state index in [2.05, 4.69) is 25.8 Å². The minimum absolute atomic E-state index is 0.239. The zero-order valence-corrected chi connectivity index (χ0v) is 12.2. The molecule has 1 heterocycles. The molecule has 1 aliphatic heterocycles. The Balaban J connectivity index is 2.19. The topological polar surface area (TPSA) is 50.8 Å². The lowest BCUT2D eigenvalue weighted by Crippen LogP contribution is -2.36. The number of benzene rings is 1. The number of rotatable bonds is 3. The molecule has 2 N–H and O–H groups in total. The Morgan fingerprint density at radius 1 is 1.44 bits per heavy atom. The normalized spacial score (nSPS) is 17.0. The number of anilines is 1. The SMILES string of the molecule is NC(CCl)=Nc1ccc(N2CCOCC2)c(Br)c1. The predicted octanol–water partition coefficient (Wildman–Crippen LogP) is 2.51. The number of morpholine rings is 1.